The van der Waals surface area contributed by atoms with Crippen LogP contribution in [0.25, 0.3) is 0 Å². The third-order valence-electron chi connectivity index (χ3n) is 4.22. The second kappa shape index (κ2) is 7.31. The molecule has 0 atom stereocenters. The van der Waals surface area contributed by atoms with Crippen molar-refractivity contribution >= 4 is 5.91 Å². The number of hydrogen-bond donors (Lipinski definition) is 0. The number of benzene rings is 1. The first-order valence-corrected chi connectivity index (χ1v) is 8.27. The summed E-state index contributed by atoms with van der Waals surface area (Å²) in [6, 6.07) is 3.45. The lowest BCUT2D eigenvalue weighted by molar-refractivity contribution is 0.0582. The molecular formula is C18H18F3N3O2. The predicted molar refractivity (Wildman–Crippen MR) is 87.4 cm³/mol. The minimum absolute atomic E-state index is 0.137. The quantitative estimate of drug-likeness (QED) is 0.784. The van der Waals surface area contributed by atoms with Crippen molar-refractivity contribution in [2.24, 2.45) is 0 Å². The molecule has 0 radical (unpaired) electrons. The van der Waals surface area contributed by atoms with Gasteiger partial charge in [-0.15, -0.1) is 0 Å². The largest absolute Gasteiger partial charge is 0.474 e. The van der Waals surface area contributed by atoms with Crippen LogP contribution in [0, 0.1) is 31.3 Å². The van der Waals surface area contributed by atoms with E-state index in [-0.39, 0.29) is 6.10 Å². The Balaban J connectivity index is 1.63. The number of halogens is 3. The van der Waals surface area contributed by atoms with Crippen molar-refractivity contribution in [3.8, 4) is 5.88 Å². The number of hydrogen-bond acceptors (Lipinski definition) is 4. The molecule has 1 aromatic heterocycles. The van der Waals surface area contributed by atoms with Gasteiger partial charge in [0.25, 0.3) is 5.91 Å². The molecule has 0 saturated carbocycles. The van der Waals surface area contributed by atoms with Gasteiger partial charge in [0.15, 0.2) is 17.5 Å². The molecule has 2 heterocycles. The van der Waals surface area contributed by atoms with Gasteiger partial charge in [-0.1, -0.05) is 0 Å². The highest BCUT2D eigenvalue weighted by Gasteiger charge is 2.28. The van der Waals surface area contributed by atoms with Gasteiger partial charge in [0.1, 0.15) is 11.9 Å². The van der Waals surface area contributed by atoms with Crippen molar-refractivity contribution in [2.45, 2.75) is 32.8 Å². The first-order valence-electron chi connectivity index (χ1n) is 8.27. The molecule has 1 saturated heterocycles. The van der Waals surface area contributed by atoms with Crippen LogP contribution in [0.4, 0.5) is 13.2 Å². The molecule has 1 fully saturated rings. The third kappa shape index (κ3) is 3.79. The van der Waals surface area contributed by atoms with E-state index in [1.54, 1.807) is 13.0 Å². The molecule has 0 N–H and O–H groups in total. The van der Waals surface area contributed by atoms with E-state index < -0.39 is 28.9 Å². The number of rotatable bonds is 3. The number of piperidine rings is 1. The van der Waals surface area contributed by atoms with Crippen molar-refractivity contribution in [1.29, 1.82) is 0 Å². The van der Waals surface area contributed by atoms with Crippen LogP contribution in [0.5, 0.6) is 5.88 Å². The molecule has 5 nitrogen and oxygen atoms in total. The summed E-state index contributed by atoms with van der Waals surface area (Å²) in [5, 5.41) is 0. The minimum Gasteiger partial charge on any atom is -0.474 e. The number of nitrogens with zero attached hydrogens (tertiary/aromatic N) is 3. The summed E-state index contributed by atoms with van der Waals surface area (Å²) < 4.78 is 46.0. The Morgan fingerprint density at radius 1 is 1.12 bits per heavy atom. The Labute approximate surface area is 148 Å². The highest BCUT2D eigenvalue weighted by atomic mass is 19.2. The molecule has 0 bridgehead atoms. The van der Waals surface area contributed by atoms with E-state index >= 15 is 0 Å². The Kier molecular flexibility index (Phi) is 5.11. The summed E-state index contributed by atoms with van der Waals surface area (Å²) in [4.78, 5) is 22.2. The first-order chi connectivity index (χ1) is 12.3. The number of carbonyl (C=O) groups excluding carboxylic acids is 1. The molecule has 1 aliphatic rings. The predicted octanol–water partition coefficient (Wildman–Crippen LogP) is 3.19. The fourth-order valence-corrected chi connectivity index (χ4v) is 2.95. The lowest BCUT2D eigenvalue weighted by Crippen LogP contribution is -2.42. The molecular weight excluding hydrogens is 347 g/mol. The van der Waals surface area contributed by atoms with E-state index in [2.05, 4.69) is 9.97 Å². The number of aromatic nitrogens is 2. The maximum absolute atomic E-state index is 13.8. The molecule has 3 rings (SSSR count). The lowest BCUT2D eigenvalue weighted by Gasteiger charge is -2.32. The summed E-state index contributed by atoms with van der Waals surface area (Å²) in [6.07, 6.45) is 0.917. The SMILES string of the molecule is Cc1cc(OC2CCN(C(=O)c3ccc(F)c(F)c3F)CC2)nc(C)n1. The Morgan fingerprint density at radius 2 is 1.81 bits per heavy atom. The average molecular weight is 365 g/mol. The van der Waals surface area contributed by atoms with Gasteiger partial charge in [-0.3, -0.25) is 4.79 Å². The fourth-order valence-electron chi connectivity index (χ4n) is 2.95. The Bertz CT molecular complexity index is 816. The first kappa shape index (κ1) is 18.2. The fraction of sp³-hybridized carbons (Fsp3) is 0.389. The normalized spacial score (nSPS) is 15.2. The van der Waals surface area contributed by atoms with Crippen LogP contribution in [0.3, 0.4) is 0 Å². The van der Waals surface area contributed by atoms with Crippen LogP contribution in [0.1, 0.15) is 34.7 Å². The van der Waals surface area contributed by atoms with Gasteiger partial charge >= 0.3 is 0 Å². The zero-order chi connectivity index (χ0) is 18.8. The van der Waals surface area contributed by atoms with Gasteiger partial charge in [-0.05, 0) is 26.0 Å². The van der Waals surface area contributed by atoms with Crippen molar-refractivity contribution in [3.63, 3.8) is 0 Å². The minimum atomic E-state index is -1.64. The van der Waals surface area contributed by atoms with E-state index in [4.69, 9.17) is 4.74 Å². The van der Waals surface area contributed by atoms with Crippen LogP contribution in [-0.2, 0) is 0 Å². The number of likely N-dealkylation sites (tertiary alicyclic amines) is 1. The van der Waals surface area contributed by atoms with Crippen molar-refractivity contribution in [1.82, 2.24) is 14.9 Å². The number of amides is 1. The van der Waals surface area contributed by atoms with E-state index in [0.717, 1.165) is 17.8 Å². The second-order valence-electron chi connectivity index (χ2n) is 6.23. The Hall–Kier alpha value is -2.64. The lowest BCUT2D eigenvalue weighted by atomic mass is 10.1. The van der Waals surface area contributed by atoms with Crippen LogP contribution in [-0.4, -0.2) is 40.0 Å². The van der Waals surface area contributed by atoms with Gasteiger partial charge in [-0.25, -0.2) is 18.2 Å². The molecule has 0 spiro atoms. The van der Waals surface area contributed by atoms with E-state index in [9.17, 15) is 18.0 Å². The van der Waals surface area contributed by atoms with Gasteiger partial charge in [0.05, 0.1) is 5.56 Å². The third-order valence-corrected chi connectivity index (χ3v) is 4.22. The maximum atomic E-state index is 13.8. The molecule has 26 heavy (non-hydrogen) atoms. The number of aryl methyl sites for hydroxylation is 2. The van der Waals surface area contributed by atoms with Crippen LogP contribution < -0.4 is 4.74 Å². The molecule has 1 aliphatic heterocycles. The highest BCUT2D eigenvalue weighted by Crippen LogP contribution is 2.22. The van der Waals surface area contributed by atoms with E-state index in [1.807, 2.05) is 6.92 Å². The molecule has 0 unspecified atom stereocenters. The zero-order valence-corrected chi connectivity index (χ0v) is 14.4. The van der Waals surface area contributed by atoms with Crippen LogP contribution in [0.2, 0.25) is 0 Å². The summed E-state index contributed by atoms with van der Waals surface area (Å²) in [7, 11) is 0. The molecule has 1 aromatic carbocycles. The standard InChI is InChI=1S/C18H18F3N3O2/c1-10-9-15(23-11(2)22-10)26-12-5-7-24(8-6-12)18(25)13-3-4-14(19)17(21)16(13)20/h3-4,9,12H,5-8H2,1-2H3. The second-order valence-corrected chi connectivity index (χ2v) is 6.23. The van der Waals surface area contributed by atoms with Gasteiger partial charge < -0.3 is 9.64 Å². The molecule has 2 aromatic rings. The molecule has 138 valence electrons. The summed E-state index contributed by atoms with van der Waals surface area (Å²) >= 11 is 0. The van der Waals surface area contributed by atoms with Gasteiger partial charge in [-0.2, -0.15) is 4.98 Å². The molecule has 1 amide bonds. The van der Waals surface area contributed by atoms with Gasteiger partial charge in [0, 0.05) is 37.7 Å². The number of carbonyl (C=O) groups is 1. The van der Waals surface area contributed by atoms with E-state index in [0.29, 0.717) is 37.6 Å². The van der Waals surface area contributed by atoms with E-state index in [1.165, 1.54) is 4.90 Å². The average Bonchev–Trinajstić information content (AvgIpc) is 2.59. The van der Waals surface area contributed by atoms with Crippen LogP contribution in [0.15, 0.2) is 18.2 Å². The van der Waals surface area contributed by atoms with Crippen LogP contribution >= 0.6 is 0 Å². The maximum Gasteiger partial charge on any atom is 0.256 e. The Morgan fingerprint density at radius 3 is 2.46 bits per heavy atom. The molecule has 0 aliphatic carbocycles. The van der Waals surface area contributed by atoms with Crippen molar-refractivity contribution in [3.05, 3.63) is 52.7 Å². The highest BCUT2D eigenvalue weighted by molar-refractivity contribution is 5.94. The number of ether oxygens (including phenoxy) is 1. The summed E-state index contributed by atoms with van der Waals surface area (Å²) in [6.45, 7) is 4.27. The monoisotopic (exact) mass is 365 g/mol. The smallest absolute Gasteiger partial charge is 0.256 e. The van der Waals surface area contributed by atoms with Crippen molar-refractivity contribution < 1.29 is 22.7 Å². The van der Waals surface area contributed by atoms with Crippen molar-refractivity contribution in [2.75, 3.05) is 13.1 Å². The topological polar surface area (TPSA) is 55.3 Å². The summed E-state index contributed by atoms with van der Waals surface area (Å²) in [5.74, 6) is -3.98. The molecule has 8 heteroatoms. The van der Waals surface area contributed by atoms with Gasteiger partial charge in [0.2, 0.25) is 5.88 Å². The summed E-state index contributed by atoms with van der Waals surface area (Å²) in [5.41, 5.74) is 0.333. The zero-order valence-electron chi connectivity index (χ0n) is 14.4.